The maximum atomic E-state index is 11.1. The third kappa shape index (κ3) is 6.34. The fourth-order valence-electron chi connectivity index (χ4n) is 3.47. The maximum absolute atomic E-state index is 11.1. The van der Waals surface area contributed by atoms with Gasteiger partial charge in [-0.05, 0) is 73.5 Å². The molecular weight excluding hydrogens is 503 g/mol. The number of anilines is 1. The molecule has 0 unspecified atom stereocenters. The van der Waals surface area contributed by atoms with Crippen LogP contribution in [0.1, 0.15) is 35.3 Å². The van der Waals surface area contributed by atoms with Crippen molar-refractivity contribution in [1.82, 2.24) is 4.98 Å². The number of carboxylic acid groups (broad SMARTS) is 1. The first kappa shape index (κ1) is 25.0. The minimum Gasteiger partial charge on any atom is -0.489 e. The van der Waals surface area contributed by atoms with Crippen molar-refractivity contribution >= 4 is 45.6 Å². The number of aromatic carboxylic acids is 1. The molecule has 0 radical (unpaired) electrons. The molecule has 0 amide bonds. The Morgan fingerprint density at radius 3 is 2.31 bits per heavy atom. The number of halogens is 2. The Morgan fingerprint density at radius 1 is 1.00 bits per heavy atom. The summed E-state index contributed by atoms with van der Waals surface area (Å²) in [5.41, 5.74) is 4.16. The first-order valence-corrected chi connectivity index (χ1v) is 12.7. The van der Waals surface area contributed by atoms with Crippen molar-refractivity contribution in [3.8, 4) is 17.0 Å². The molecule has 0 saturated carbocycles. The number of thiazole rings is 1. The number of carboxylic acids is 1. The molecule has 8 heteroatoms. The summed E-state index contributed by atoms with van der Waals surface area (Å²) in [6.07, 6.45) is 0. The van der Waals surface area contributed by atoms with Crippen molar-refractivity contribution in [2.75, 3.05) is 4.90 Å². The van der Waals surface area contributed by atoms with Crippen molar-refractivity contribution in [2.45, 2.75) is 33.0 Å². The number of hydrogen-bond acceptors (Lipinski definition) is 5. The van der Waals surface area contributed by atoms with Crippen LogP contribution in [0.2, 0.25) is 10.0 Å². The number of ether oxygens (including phenoxy) is 1. The summed E-state index contributed by atoms with van der Waals surface area (Å²) in [4.78, 5) is 18.2. The van der Waals surface area contributed by atoms with Gasteiger partial charge in [0.2, 0.25) is 0 Å². The van der Waals surface area contributed by atoms with E-state index in [9.17, 15) is 4.79 Å². The smallest absolute Gasteiger partial charge is 0.335 e. The molecule has 0 spiro atoms. The molecule has 1 heterocycles. The molecule has 1 N–H and O–H groups in total. The minimum atomic E-state index is -0.923. The maximum Gasteiger partial charge on any atom is 0.335 e. The Hall–Kier alpha value is -3.06. The zero-order chi connectivity index (χ0) is 24.9. The lowest BCUT2D eigenvalue weighted by molar-refractivity contribution is 0.0697. The Kier molecular flexibility index (Phi) is 7.96. The molecular formula is C27H24Cl2N2O3S. The molecule has 180 valence electrons. The first-order chi connectivity index (χ1) is 16.8. The normalized spacial score (nSPS) is 11.0. The summed E-state index contributed by atoms with van der Waals surface area (Å²) in [6, 6.07) is 20.5. The summed E-state index contributed by atoms with van der Waals surface area (Å²) in [6.45, 7) is 5.28. The predicted octanol–water partition coefficient (Wildman–Crippen LogP) is 7.81. The fourth-order valence-corrected chi connectivity index (χ4v) is 4.76. The number of benzene rings is 3. The van der Waals surface area contributed by atoms with Crippen LogP contribution in [0.15, 0.2) is 72.1 Å². The number of rotatable bonds is 9. The van der Waals surface area contributed by atoms with Crippen LogP contribution in [0.5, 0.6) is 5.75 Å². The fraction of sp³-hybridized carbons (Fsp3) is 0.185. The van der Waals surface area contributed by atoms with E-state index in [0.29, 0.717) is 23.2 Å². The average molecular weight is 527 g/mol. The zero-order valence-electron chi connectivity index (χ0n) is 19.2. The van der Waals surface area contributed by atoms with Crippen LogP contribution in [0.25, 0.3) is 11.3 Å². The van der Waals surface area contributed by atoms with Crippen molar-refractivity contribution in [2.24, 2.45) is 0 Å². The second-order valence-electron chi connectivity index (χ2n) is 8.30. The first-order valence-electron chi connectivity index (χ1n) is 11.0. The van der Waals surface area contributed by atoms with Gasteiger partial charge in [0, 0.05) is 23.5 Å². The Morgan fingerprint density at radius 2 is 1.69 bits per heavy atom. The second kappa shape index (κ2) is 11.1. The average Bonchev–Trinajstić information content (AvgIpc) is 3.33. The van der Waals surface area contributed by atoms with Gasteiger partial charge in [0.25, 0.3) is 0 Å². The predicted molar refractivity (Wildman–Crippen MR) is 143 cm³/mol. The van der Waals surface area contributed by atoms with Crippen LogP contribution in [0, 0.1) is 0 Å². The molecule has 0 aliphatic rings. The Bertz CT molecular complexity index is 1310. The molecule has 0 aliphatic carbocycles. The number of nitrogens with zero attached hydrogens (tertiary/aromatic N) is 2. The third-order valence-corrected chi connectivity index (χ3v) is 7.07. The lowest BCUT2D eigenvalue weighted by Crippen LogP contribution is -2.30. The molecule has 4 aromatic rings. The van der Waals surface area contributed by atoms with Crippen LogP contribution in [0.4, 0.5) is 5.13 Å². The van der Waals surface area contributed by atoms with Gasteiger partial charge in [0.05, 0.1) is 21.3 Å². The molecule has 0 atom stereocenters. The highest BCUT2D eigenvalue weighted by Crippen LogP contribution is 2.31. The SMILES string of the molecule is CC(C)N(Cc1ccc(C(=O)O)cc1)c1nc(-c2ccc(OCc3ccc(Cl)c(Cl)c3)cc2)cs1. The van der Waals surface area contributed by atoms with Gasteiger partial charge in [-0.3, -0.25) is 0 Å². The van der Waals surface area contributed by atoms with Crippen molar-refractivity contribution < 1.29 is 14.6 Å². The zero-order valence-corrected chi connectivity index (χ0v) is 21.6. The lowest BCUT2D eigenvalue weighted by Gasteiger charge is -2.26. The van der Waals surface area contributed by atoms with E-state index in [-0.39, 0.29) is 11.6 Å². The van der Waals surface area contributed by atoms with Crippen LogP contribution in [-0.2, 0) is 13.2 Å². The van der Waals surface area contributed by atoms with Gasteiger partial charge >= 0.3 is 5.97 Å². The molecule has 4 rings (SSSR count). The van der Waals surface area contributed by atoms with Crippen molar-refractivity contribution in [3.05, 3.63) is 98.8 Å². The van der Waals surface area contributed by atoms with E-state index in [1.165, 1.54) is 0 Å². The van der Waals surface area contributed by atoms with Gasteiger partial charge in [-0.1, -0.05) is 41.4 Å². The van der Waals surface area contributed by atoms with Gasteiger partial charge < -0.3 is 14.7 Å². The van der Waals surface area contributed by atoms with Gasteiger partial charge in [0.15, 0.2) is 5.13 Å². The summed E-state index contributed by atoms with van der Waals surface area (Å²) in [5, 5.41) is 13.1. The van der Waals surface area contributed by atoms with Gasteiger partial charge in [0.1, 0.15) is 12.4 Å². The highest BCUT2D eigenvalue weighted by Gasteiger charge is 2.16. The molecule has 3 aromatic carbocycles. The quantitative estimate of drug-likeness (QED) is 0.241. The van der Waals surface area contributed by atoms with Gasteiger partial charge in [-0.2, -0.15) is 0 Å². The Balaban J connectivity index is 1.43. The molecule has 0 bridgehead atoms. The van der Waals surface area contributed by atoms with Gasteiger partial charge in [-0.15, -0.1) is 11.3 Å². The van der Waals surface area contributed by atoms with E-state index >= 15 is 0 Å². The molecule has 0 aliphatic heterocycles. The number of aromatic nitrogens is 1. The highest BCUT2D eigenvalue weighted by atomic mass is 35.5. The topological polar surface area (TPSA) is 62.7 Å². The minimum absolute atomic E-state index is 0.227. The van der Waals surface area contributed by atoms with Crippen molar-refractivity contribution in [3.63, 3.8) is 0 Å². The lowest BCUT2D eigenvalue weighted by atomic mass is 10.1. The van der Waals surface area contributed by atoms with E-state index in [2.05, 4.69) is 18.7 Å². The summed E-state index contributed by atoms with van der Waals surface area (Å²) >= 11 is 13.6. The van der Waals surface area contributed by atoms with Crippen LogP contribution in [0.3, 0.4) is 0 Å². The Labute approximate surface area is 218 Å². The summed E-state index contributed by atoms with van der Waals surface area (Å²) in [5.74, 6) is -0.170. The number of carbonyl (C=O) groups is 1. The van der Waals surface area contributed by atoms with Crippen LogP contribution in [-0.4, -0.2) is 22.1 Å². The largest absolute Gasteiger partial charge is 0.489 e. The second-order valence-corrected chi connectivity index (χ2v) is 9.95. The molecule has 35 heavy (non-hydrogen) atoms. The molecule has 0 saturated heterocycles. The monoisotopic (exact) mass is 526 g/mol. The third-order valence-electron chi connectivity index (χ3n) is 5.45. The molecule has 0 fully saturated rings. The number of hydrogen-bond donors (Lipinski definition) is 1. The molecule has 1 aromatic heterocycles. The highest BCUT2D eigenvalue weighted by molar-refractivity contribution is 7.14. The van der Waals surface area contributed by atoms with Crippen LogP contribution < -0.4 is 9.64 Å². The summed E-state index contributed by atoms with van der Waals surface area (Å²) < 4.78 is 5.88. The van der Waals surface area contributed by atoms with E-state index in [0.717, 1.165) is 33.3 Å². The standard InChI is InChI=1S/C27H24Cl2N2O3S/c1-17(2)31(14-18-3-6-21(7-4-18)26(32)33)27-30-25(16-35-27)20-8-10-22(11-9-20)34-15-19-5-12-23(28)24(29)13-19/h3-13,16-17H,14-15H2,1-2H3,(H,32,33). The van der Waals surface area contributed by atoms with E-state index < -0.39 is 5.97 Å². The van der Waals surface area contributed by atoms with E-state index in [4.69, 9.17) is 38.0 Å². The van der Waals surface area contributed by atoms with Crippen LogP contribution >= 0.6 is 34.5 Å². The van der Waals surface area contributed by atoms with Gasteiger partial charge in [-0.25, -0.2) is 9.78 Å². The van der Waals surface area contributed by atoms with Crippen molar-refractivity contribution in [1.29, 1.82) is 0 Å². The molecule has 5 nitrogen and oxygen atoms in total. The van der Waals surface area contributed by atoms with E-state index in [1.54, 1.807) is 35.6 Å². The summed E-state index contributed by atoms with van der Waals surface area (Å²) in [7, 11) is 0. The van der Waals surface area contributed by atoms with E-state index in [1.807, 2.05) is 47.8 Å².